The monoisotopic (exact) mass is 570 g/mol. The van der Waals surface area contributed by atoms with Gasteiger partial charge in [-0.1, -0.05) is 72.3 Å². The van der Waals surface area contributed by atoms with E-state index < -0.39 is 0 Å². The lowest BCUT2D eigenvalue weighted by atomic mass is 9.81. The van der Waals surface area contributed by atoms with Crippen molar-refractivity contribution in [3.8, 4) is 0 Å². The number of halogens is 1. The average Bonchev–Trinajstić information content (AvgIpc) is 2.83. The molecular weight excluding hydrogens is 532 g/mol. The third kappa shape index (κ3) is 6.83. The Morgan fingerprint density at radius 2 is 1.69 bits per heavy atom. The van der Waals surface area contributed by atoms with Gasteiger partial charge in [0, 0.05) is 41.6 Å². The van der Waals surface area contributed by atoms with Crippen molar-refractivity contribution in [3.63, 3.8) is 0 Å². The molecule has 4 radical (unpaired) electrons. The summed E-state index contributed by atoms with van der Waals surface area (Å²) in [5.41, 5.74) is 3.59. The molecule has 3 rings (SSSR count). The molecule has 188 valence electrons. The van der Waals surface area contributed by atoms with Crippen LogP contribution in [-0.2, 0) is 14.3 Å². The Hall–Kier alpha value is -1.07. The van der Waals surface area contributed by atoms with E-state index in [0.717, 1.165) is 24.1 Å². The van der Waals surface area contributed by atoms with Gasteiger partial charge in [0.15, 0.2) is 0 Å². The van der Waals surface area contributed by atoms with Gasteiger partial charge < -0.3 is 8.85 Å². The molecule has 2 aromatic carbocycles. The molecule has 7 heteroatoms. The minimum Gasteiger partial charge on any atom is -0.393 e. The number of hydrogen-bond donors (Lipinski definition) is 0. The van der Waals surface area contributed by atoms with E-state index in [9.17, 15) is 0 Å². The summed E-state index contributed by atoms with van der Waals surface area (Å²) in [7, 11) is 0.769. The van der Waals surface area contributed by atoms with E-state index in [1.54, 1.807) is 0 Å². The number of nitrogens with zero attached hydrogens (tertiary/aromatic N) is 2. The van der Waals surface area contributed by atoms with Crippen LogP contribution in [0.25, 0.3) is 0 Å². The molecule has 1 aliphatic heterocycles. The zero-order valence-corrected chi connectivity index (χ0v) is 25.5. The normalized spacial score (nSPS) is 20.8. The molecule has 0 aromatic heterocycles. The molecule has 1 saturated heterocycles. The number of hydrogen-bond acceptors (Lipinski definition) is 4. The Morgan fingerprint density at radius 3 is 2.29 bits per heavy atom. The van der Waals surface area contributed by atoms with E-state index in [1.807, 2.05) is 6.08 Å². The van der Waals surface area contributed by atoms with Crippen LogP contribution in [0, 0.1) is 0 Å². The van der Waals surface area contributed by atoms with E-state index in [0.29, 0.717) is 31.6 Å². The molecule has 1 aliphatic rings. The van der Waals surface area contributed by atoms with Gasteiger partial charge in [-0.2, -0.15) is 0 Å². The Kier molecular flexibility index (Phi) is 10.5. The van der Waals surface area contributed by atoms with E-state index in [2.05, 4.69) is 122 Å². The van der Waals surface area contributed by atoms with Gasteiger partial charge in [0.25, 0.3) is 0 Å². The van der Waals surface area contributed by atoms with Crippen LogP contribution in [0.15, 0.2) is 65.7 Å². The quantitative estimate of drug-likeness (QED) is 0.185. The summed E-state index contributed by atoms with van der Waals surface area (Å²) in [5, 5.41) is 0. The third-order valence-corrected chi connectivity index (χ3v) is 8.46. The van der Waals surface area contributed by atoms with E-state index in [4.69, 9.17) is 8.85 Å². The second-order valence-electron chi connectivity index (χ2n) is 9.91. The highest BCUT2D eigenvalue weighted by atomic mass is 79.9. The number of rotatable bonds is 11. The van der Waals surface area contributed by atoms with Gasteiger partial charge >= 0.3 is 0 Å². The van der Waals surface area contributed by atoms with Crippen molar-refractivity contribution < 1.29 is 8.85 Å². The minimum atomic E-state index is -0.270. The molecule has 1 heterocycles. The molecule has 0 spiro atoms. The van der Waals surface area contributed by atoms with Crippen LogP contribution >= 0.6 is 15.9 Å². The van der Waals surface area contributed by atoms with Crippen LogP contribution in [-0.4, -0.2) is 67.3 Å². The van der Waals surface area contributed by atoms with Gasteiger partial charge in [-0.3, -0.25) is 9.80 Å². The highest BCUT2D eigenvalue weighted by Crippen LogP contribution is 2.37. The fourth-order valence-corrected chi connectivity index (χ4v) is 6.48. The van der Waals surface area contributed by atoms with Gasteiger partial charge in [0.05, 0.1) is 6.04 Å². The molecule has 4 nitrogen and oxygen atoms in total. The summed E-state index contributed by atoms with van der Waals surface area (Å²) >= 11 is 3.62. The highest BCUT2D eigenvalue weighted by Gasteiger charge is 2.36. The number of benzene rings is 2. The first-order chi connectivity index (χ1) is 16.7. The maximum absolute atomic E-state index is 6.07. The lowest BCUT2D eigenvalue weighted by Gasteiger charge is -2.47. The zero-order chi connectivity index (χ0) is 25.6. The fourth-order valence-electron chi connectivity index (χ4n) is 5.00. The molecule has 0 saturated carbocycles. The standard InChI is InChI=1S/C28H39BrN2O2Si2/c1-8-16-30-18-21(3)31(19-20(30)2)26(22-12-14-25(29)15-13-22)23-10-9-11-24(17-23)28(4,5)27(32-34-6)33-35-7/h8-15,17,20-21,26-27H,1,16,18-19H2,2-7H3/t20-,21-,26?/m0/s1. The summed E-state index contributed by atoms with van der Waals surface area (Å²) in [5.74, 6) is 0. The molecule has 0 bridgehead atoms. The first-order valence-electron chi connectivity index (χ1n) is 12.3. The van der Waals surface area contributed by atoms with Crippen molar-refractivity contribution in [1.29, 1.82) is 0 Å². The molecule has 2 aromatic rings. The molecule has 3 atom stereocenters. The maximum Gasteiger partial charge on any atom is 0.229 e. The highest BCUT2D eigenvalue weighted by molar-refractivity contribution is 9.10. The van der Waals surface area contributed by atoms with Crippen molar-refractivity contribution in [2.24, 2.45) is 0 Å². The second kappa shape index (κ2) is 12.9. The molecule has 1 fully saturated rings. The molecule has 35 heavy (non-hydrogen) atoms. The lowest BCUT2D eigenvalue weighted by Crippen LogP contribution is -2.57. The Balaban J connectivity index is 2.03. The summed E-state index contributed by atoms with van der Waals surface area (Å²) in [4.78, 5) is 5.20. The predicted molar refractivity (Wildman–Crippen MR) is 152 cm³/mol. The van der Waals surface area contributed by atoms with Crippen LogP contribution in [0.5, 0.6) is 0 Å². The fraction of sp³-hybridized carbons (Fsp3) is 0.500. The van der Waals surface area contributed by atoms with E-state index in [1.165, 1.54) is 16.7 Å². The van der Waals surface area contributed by atoms with Crippen LogP contribution in [0.1, 0.15) is 50.4 Å². The van der Waals surface area contributed by atoms with Crippen LogP contribution in [0.4, 0.5) is 0 Å². The Morgan fingerprint density at radius 1 is 1.03 bits per heavy atom. The average molecular weight is 572 g/mol. The second-order valence-corrected chi connectivity index (χ2v) is 12.1. The maximum atomic E-state index is 6.07. The Labute approximate surface area is 226 Å². The topological polar surface area (TPSA) is 24.9 Å². The van der Waals surface area contributed by atoms with Crippen LogP contribution < -0.4 is 0 Å². The van der Waals surface area contributed by atoms with Crippen molar-refractivity contribution in [2.45, 2.75) is 70.6 Å². The third-order valence-electron chi connectivity index (χ3n) is 7.03. The van der Waals surface area contributed by atoms with Crippen LogP contribution in [0.3, 0.4) is 0 Å². The summed E-state index contributed by atoms with van der Waals surface area (Å²) in [6.07, 6.45) is 1.75. The predicted octanol–water partition coefficient (Wildman–Crippen LogP) is 6.09. The van der Waals surface area contributed by atoms with Gasteiger partial charge in [0.2, 0.25) is 19.5 Å². The first-order valence-corrected chi connectivity index (χ1v) is 15.9. The van der Waals surface area contributed by atoms with Gasteiger partial charge in [0.1, 0.15) is 6.29 Å². The first kappa shape index (κ1) is 28.5. The molecular formula is C28H39BrN2O2Si2. The molecule has 0 N–H and O–H groups in total. The lowest BCUT2D eigenvalue weighted by molar-refractivity contribution is -0.0433. The summed E-state index contributed by atoms with van der Waals surface area (Å²) < 4.78 is 13.2. The van der Waals surface area contributed by atoms with Crippen molar-refractivity contribution in [2.75, 3.05) is 19.6 Å². The molecule has 1 unspecified atom stereocenters. The number of piperazine rings is 1. The van der Waals surface area contributed by atoms with Crippen molar-refractivity contribution >= 4 is 35.5 Å². The zero-order valence-electron chi connectivity index (χ0n) is 21.9. The minimum absolute atomic E-state index is 0.170. The molecule has 0 aliphatic carbocycles. The SMILES string of the molecule is C=CCN1C[C@H](C)N(C(c2ccc(Br)cc2)c2cccc(C(C)(C)C(O[Si]C)O[Si]C)c2)C[C@@H]1C. The Bertz CT molecular complexity index is 950. The van der Waals surface area contributed by atoms with Crippen LogP contribution in [0.2, 0.25) is 13.1 Å². The largest absolute Gasteiger partial charge is 0.393 e. The van der Waals surface area contributed by atoms with Crippen molar-refractivity contribution in [3.05, 3.63) is 82.3 Å². The van der Waals surface area contributed by atoms with E-state index >= 15 is 0 Å². The van der Waals surface area contributed by atoms with Gasteiger partial charge in [-0.05, 0) is 55.8 Å². The summed E-state index contributed by atoms with van der Waals surface area (Å²) in [6, 6.07) is 18.9. The molecule has 0 amide bonds. The summed E-state index contributed by atoms with van der Waals surface area (Å²) in [6.45, 7) is 20.2. The van der Waals surface area contributed by atoms with Gasteiger partial charge in [-0.15, -0.1) is 6.58 Å². The van der Waals surface area contributed by atoms with Crippen molar-refractivity contribution in [1.82, 2.24) is 9.80 Å². The van der Waals surface area contributed by atoms with E-state index in [-0.39, 0.29) is 17.7 Å². The van der Waals surface area contributed by atoms with Gasteiger partial charge in [-0.25, -0.2) is 0 Å². The smallest absolute Gasteiger partial charge is 0.229 e.